The minimum atomic E-state index is -0.508. The van der Waals surface area contributed by atoms with Crippen LogP contribution < -0.4 is 0 Å². The molecule has 1 saturated heterocycles. The average Bonchev–Trinajstić information content (AvgIpc) is 3.36. The van der Waals surface area contributed by atoms with Crippen molar-refractivity contribution in [3.05, 3.63) is 0 Å². The van der Waals surface area contributed by atoms with Gasteiger partial charge >= 0.3 is 11.9 Å². The van der Waals surface area contributed by atoms with E-state index in [0.717, 1.165) is 12.8 Å². The number of carbonyl (C=O) groups excluding carboxylic acids is 2. The molecule has 9 fully saturated rings. The molecular formula is C21H24O4. The van der Waals surface area contributed by atoms with Gasteiger partial charge < -0.3 is 9.47 Å². The predicted octanol–water partition coefficient (Wildman–Crippen LogP) is 2.27. The normalized spacial score (nSPS) is 71.1. The number of fused-ring (bicyclic) bond motifs is 1. The van der Waals surface area contributed by atoms with Gasteiger partial charge in [0.1, 0.15) is 6.10 Å². The van der Waals surface area contributed by atoms with E-state index in [1.807, 2.05) is 0 Å². The van der Waals surface area contributed by atoms with Crippen LogP contribution in [0.25, 0.3) is 0 Å². The molecule has 0 aromatic carbocycles. The number of rotatable bonds is 1. The van der Waals surface area contributed by atoms with Gasteiger partial charge in [0.2, 0.25) is 0 Å². The molecule has 0 unspecified atom stereocenters. The van der Waals surface area contributed by atoms with Gasteiger partial charge in [0.15, 0.2) is 0 Å². The van der Waals surface area contributed by atoms with Crippen molar-refractivity contribution in [3.63, 3.8) is 0 Å². The maximum atomic E-state index is 13.6. The van der Waals surface area contributed by atoms with Crippen molar-refractivity contribution in [2.24, 2.45) is 70.0 Å². The summed E-state index contributed by atoms with van der Waals surface area (Å²) in [6, 6.07) is 0. The van der Waals surface area contributed by atoms with Crippen LogP contribution in [-0.4, -0.2) is 25.2 Å². The van der Waals surface area contributed by atoms with E-state index in [0.29, 0.717) is 59.2 Å². The molecule has 9 aliphatic rings. The molecule has 25 heavy (non-hydrogen) atoms. The second-order valence-corrected chi connectivity index (χ2v) is 10.5. The van der Waals surface area contributed by atoms with Crippen molar-refractivity contribution in [1.29, 1.82) is 0 Å². The lowest BCUT2D eigenvalue weighted by atomic mass is 9.43. The highest BCUT2D eigenvalue weighted by molar-refractivity contribution is 5.95. The molecule has 4 heteroatoms. The van der Waals surface area contributed by atoms with Crippen LogP contribution in [0, 0.1) is 70.0 Å². The Hall–Kier alpha value is -1.06. The Morgan fingerprint density at radius 1 is 0.960 bits per heavy atom. The fourth-order valence-electron chi connectivity index (χ4n) is 11.9. The summed E-state index contributed by atoms with van der Waals surface area (Å²) in [5.41, 5.74) is -0.996. The monoisotopic (exact) mass is 340 g/mol. The molecule has 13 atom stereocenters. The predicted molar refractivity (Wildman–Crippen MR) is 84.7 cm³/mol. The minimum Gasteiger partial charge on any atom is -0.469 e. The molecule has 0 amide bonds. The SMILES string of the molecule is COC(=O)[C@@]12[C@@H]3[C@@H]4CCC[C@@H]4[C@@H]4[C@@H]3[C@H]3[C@@H]5[C@@H]6[C@@H](CC[C@H]6OC(=O)[C@@]541)[C@@H]32. The number of methoxy groups -OCH3 is 1. The van der Waals surface area contributed by atoms with E-state index in [1.54, 1.807) is 7.11 Å². The van der Waals surface area contributed by atoms with Crippen LogP contribution in [-0.2, 0) is 19.1 Å². The van der Waals surface area contributed by atoms with Gasteiger partial charge in [-0.3, -0.25) is 9.59 Å². The molecule has 8 bridgehead atoms. The standard InChI is InChI=1S/C21H24O4/c1-24-18(22)20-14-7-3-2-4-8(7)15-12(14)13-16(20)9-5-6-10-11(9)17(13)21(15,20)19(23)25-10/h7-17H,2-6H2,1H3/t7-,8+,9-,10-,11-,12-,13-,14-,15-,16+,17+,20+,21+/m1/s1. The van der Waals surface area contributed by atoms with Crippen LogP contribution in [0.2, 0.25) is 0 Å². The van der Waals surface area contributed by atoms with E-state index in [-0.39, 0.29) is 18.0 Å². The summed E-state index contributed by atoms with van der Waals surface area (Å²) in [5, 5.41) is 0. The zero-order chi connectivity index (χ0) is 16.5. The highest BCUT2D eigenvalue weighted by Gasteiger charge is 3.02. The first kappa shape index (κ1) is 13.2. The van der Waals surface area contributed by atoms with Crippen LogP contribution >= 0.6 is 0 Å². The van der Waals surface area contributed by atoms with Gasteiger partial charge in [0.05, 0.1) is 17.9 Å². The lowest BCUT2D eigenvalue weighted by molar-refractivity contribution is -0.232. The van der Waals surface area contributed by atoms with Gasteiger partial charge in [0.25, 0.3) is 0 Å². The molecule has 9 rings (SSSR count). The summed E-state index contributed by atoms with van der Waals surface area (Å²) in [4.78, 5) is 27.1. The largest absolute Gasteiger partial charge is 0.469 e. The van der Waals surface area contributed by atoms with Crippen LogP contribution in [0.15, 0.2) is 0 Å². The van der Waals surface area contributed by atoms with Crippen molar-refractivity contribution >= 4 is 11.9 Å². The van der Waals surface area contributed by atoms with Crippen molar-refractivity contribution in [2.75, 3.05) is 7.11 Å². The Labute approximate surface area is 147 Å². The van der Waals surface area contributed by atoms with Gasteiger partial charge in [-0.05, 0) is 78.9 Å². The Kier molecular flexibility index (Phi) is 1.79. The van der Waals surface area contributed by atoms with Gasteiger partial charge in [-0.25, -0.2) is 0 Å². The van der Waals surface area contributed by atoms with Gasteiger partial charge in [-0.15, -0.1) is 0 Å². The van der Waals surface area contributed by atoms with Crippen LogP contribution in [0.4, 0.5) is 0 Å². The average molecular weight is 340 g/mol. The third-order valence-corrected chi connectivity index (χ3v) is 11.1. The second-order valence-electron chi connectivity index (χ2n) is 10.5. The lowest BCUT2D eigenvalue weighted by Gasteiger charge is -2.60. The summed E-state index contributed by atoms with van der Waals surface area (Å²) in [6.07, 6.45) is 6.18. The fourth-order valence-corrected chi connectivity index (χ4v) is 11.9. The topological polar surface area (TPSA) is 52.6 Å². The molecular weight excluding hydrogens is 316 g/mol. The van der Waals surface area contributed by atoms with E-state index >= 15 is 0 Å². The third-order valence-electron chi connectivity index (χ3n) is 11.1. The summed E-state index contributed by atoms with van der Waals surface area (Å²) in [5.74, 6) is 5.53. The number of hydrogen-bond acceptors (Lipinski definition) is 4. The first-order chi connectivity index (χ1) is 12.2. The van der Waals surface area contributed by atoms with E-state index in [9.17, 15) is 9.59 Å². The molecule has 1 spiro atoms. The van der Waals surface area contributed by atoms with Crippen LogP contribution in [0.3, 0.4) is 0 Å². The zero-order valence-electron chi connectivity index (χ0n) is 14.5. The van der Waals surface area contributed by atoms with Gasteiger partial charge in [-0.1, -0.05) is 6.42 Å². The number of carbonyl (C=O) groups is 2. The highest BCUT2D eigenvalue weighted by Crippen LogP contribution is 2.98. The van der Waals surface area contributed by atoms with Crippen LogP contribution in [0.5, 0.6) is 0 Å². The lowest BCUT2D eigenvalue weighted by Crippen LogP contribution is -2.68. The third kappa shape index (κ3) is 0.848. The summed E-state index contributed by atoms with van der Waals surface area (Å²) < 4.78 is 11.6. The molecule has 4 nitrogen and oxygen atoms in total. The van der Waals surface area contributed by atoms with Gasteiger partial charge in [0, 0.05) is 5.92 Å². The molecule has 0 radical (unpaired) electrons. The molecule has 0 N–H and O–H groups in total. The maximum Gasteiger partial charge on any atom is 0.314 e. The Morgan fingerprint density at radius 2 is 1.68 bits per heavy atom. The van der Waals surface area contributed by atoms with Crippen molar-refractivity contribution in [1.82, 2.24) is 0 Å². The van der Waals surface area contributed by atoms with Crippen LogP contribution in [0.1, 0.15) is 32.1 Å². The first-order valence-electron chi connectivity index (χ1n) is 10.5. The molecule has 0 aromatic rings. The Morgan fingerprint density at radius 3 is 2.48 bits per heavy atom. The molecule has 0 aromatic heterocycles. The number of hydrogen-bond donors (Lipinski definition) is 0. The maximum absolute atomic E-state index is 13.6. The van der Waals surface area contributed by atoms with Crippen molar-refractivity contribution in [3.8, 4) is 0 Å². The molecule has 1 aliphatic heterocycles. The quantitative estimate of drug-likeness (QED) is 0.687. The van der Waals surface area contributed by atoms with E-state index < -0.39 is 10.8 Å². The zero-order valence-corrected chi connectivity index (χ0v) is 14.5. The van der Waals surface area contributed by atoms with Crippen molar-refractivity contribution in [2.45, 2.75) is 38.2 Å². The molecule has 8 saturated carbocycles. The first-order valence-corrected chi connectivity index (χ1v) is 10.5. The Balaban J connectivity index is 1.48. The summed E-state index contributed by atoms with van der Waals surface area (Å²) in [7, 11) is 1.55. The molecule has 132 valence electrons. The minimum absolute atomic E-state index is 0.0253. The fraction of sp³-hybridized carbons (Fsp3) is 0.905. The van der Waals surface area contributed by atoms with E-state index in [4.69, 9.17) is 9.47 Å². The summed E-state index contributed by atoms with van der Waals surface area (Å²) >= 11 is 0. The molecule has 8 aliphatic carbocycles. The van der Waals surface area contributed by atoms with Crippen molar-refractivity contribution < 1.29 is 19.1 Å². The van der Waals surface area contributed by atoms with E-state index in [2.05, 4.69) is 0 Å². The Bertz CT molecular complexity index is 758. The highest BCUT2D eigenvalue weighted by atomic mass is 16.6. The number of esters is 2. The second kappa shape index (κ2) is 3.41. The van der Waals surface area contributed by atoms with Gasteiger partial charge in [-0.2, -0.15) is 0 Å². The number of ether oxygens (including phenoxy) is 2. The molecule has 1 heterocycles. The van der Waals surface area contributed by atoms with E-state index in [1.165, 1.54) is 19.3 Å². The summed E-state index contributed by atoms with van der Waals surface area (Å²) in [6.45, 7) is 0. The smallest absolute Gasteiger partial charge is 0.314 e.